The van der Waals surface area contributed by atoms with Gasteiger partial charge in [0, 0.05) is 17.3 Å². The van der Waals surface area contributed by atoms with Gasteiger partial charge in [-0.05, 0) is 48.1 Å². The number of hydrogen-bond donors (Lipinski definition) is 2. The summed E-state index contributed by atoms with van der Waals surface area (Å²) >= 11 is 6.91. The molecule has 29 heavy (non-hydrogen) atoms. The topological polar surface area (TPSA) is 54.0 Å². The molecule has 0 spiro atoms. The summed E-state index contributed by atoms with van der Waals surface area (Å²) in [5.74, 6) is -0.284. The Bertz CT molecular complexity index is 1170. The van der Waals surface area contributed by atoms with Crippen molar-refractivity contribution in [3.8, 4) is 10.6 Å². The number of para-hydroxylation sites is 1. The van der Waals surface area contributed by atoms with Crippen molar-refractivity contribution in [2.45, 2.75) is 0 Å². The first-order valence-corrected chi connectivity index (χ1v) is 10.2. The number of thiocarbonyl (C=S) groups is 1. The molecule has 0 atom stereocenters. The Morgan fingerprint density at radius 2 is 1.76 bits per heavy atom. The lowest BCUT2D eigenvalue weighted by molar-refractivity contribution is -0.115. The minimum absolute atomic E-state index is 0.245. The number of fused-ring (bicyclic) bond motifs is 1. The zero-order chi connectivity index (χ0) is 20.1. The molecule has 0 radical (unpaired) electrons. The van der Waals surface area contributed by atoms with E-state index in [9.17, 15) is 4.79 Å². The monoisotopic (exact) mass is 415 g/mol. The molecule has 2 N–H and O–H groups in total. The van der Waals surface area contributed by atoms with Gasteiger partial charge >= 0.3 is 0 Å². The van der Waals surface area contributed by atoms with Crippen molar-refractivity contribution in [2.75, 3.05) is 5.32 Å². The van der Waals surface area contributed by atoms with E-state index in [1.165, 1.54) is 6.08 Å². The van der Waals surface area contributed by atoms with Crippen LogP contribution in [0.15, 0.2) is 84.9 Å². The lowest BCUT2D eigenvalue weighted by atomic mass is 10.2. The van der Waals surface area contributed by atoms with Gasteiger partial charge in [-0.1, -0.05) is 54.6 Å². The Morgan fingerprint density at radius 3 is 2.59 bits per heavy atom. The van der Waals surface area contributed by atoms with Crippen LogP contribution in [0.5, 0.6) is 0 Å². The number of amides is 1. The van der Waals surface area contributed by atoms with Crippen LogP contribution in [0.1, 0.15) is 5.56 Å². The Kier molecular flexibility index (Phi) is 5.74. The quantitative estimate of drug-likeness (QED) is 0.342. The number of carbonyl (C=O) groups excluding carboxylic acids is 1. The van der Waals surface area contributed by atoms with Crippen molar-refractivity contribution in [2.24, 2.45) is 0 Å². The van der Waals surface area contributed by atoms with E-state index < -0.39 is 0 Å². The molecule has 0 aliphatic heterocycles. The van der Waals surface area contributed by atoms with E-state index >= 15 is 0 Å². The maximum absolute atomic E-state index is 12.1. The summed E-state index contributed by atoms with van der Waals surface area (Å²) < 4.78 is 1.15. The first kappa shape index (κ1) is 19.0. The lowest BCUT2D eigenvalue weighted by Gasteiger charge is -2.09. The van der Waals surface area contributed by atoms with Crippen molar-refractivity contribution in [1.82, 2.24) is 10.3 Å². The van der Waals surface area contributed by atoms with Crippen LogP contribution < -0.4 is 10.6 Å². The Labute approximate surface area is 177 Å². The largest absolute Gasteiger partial charge is 0.332 e. The van der Waals surface area contributed by atoms with Gasteiger partial charge in [-0.25, -0.2) is 4.98 Å². The van der Waals surface area contributed by atoms with E-state index in [0.717, 1.165) is 32.0 Å². The number of anilines is 1. The zero-order valence-electron chi connectivity index (χ0n) is 15.3. The molecule has 142 valence electrons. The second-order valence-corrected chi connectivity index (χ2v) is 7.69. The molecule has 0 aliphatic carbocycles. The molecule has 6 heteroatoms. The minimum Gasteiger partial charge on any atom is -0.332 e. The molecule has 1 heterocycles. The summed E-state index contributed by atoms with van der Waals surface area (Å²) in [5.41, 5.74) is 3.72. The third kappa shape index (κ3) is 4.93. The van der Waals surface area contributed by atoms with Crippen molar-refractivity contribution >= 4 is 56.6 Å². The van der Waals surface area contributed by atoms with Crippen LogP contribution in [0.25, 0.3) is 26.9 Å². The summed E-state index contributed by atoms with van der Waals surface area (Å²) in [6.07, 6.45) is 3.20. The predicted octanol–water partition coefficient (Wildman–Crippen LogP) is 5.49. The maximum atomic E-state index is 12.1. The van der Waals surface area contributed by atoms with Crippen LogP contribution in [-0.4, -0.2) is 16.0 Å². The number of carbonyl (C=O) groups is 1. The highest BCUT2D eigenvalue weighted by molar-refractivity contribution is 7.80. The van der Waals surface area contributed by atoms with E-state index in [1.54, 1.807) is 17.4 Å². The third-order valence-electron chi connectivity index (χ3n) is 4.12. The van der Waals surface area contributed by atoms with E-state index in [2.05, 4.69) is 21.7 Å². The van der Waals surface area contributed by atoms with Gasteiger partial charge < -0.3 is 5.32 Å². The average Bonchev–Trinajstić information content (AvgIpc) is 3.17. The molecule has 4 nitrogen and oxygen atoms in total. The fourth-order valence-electron chi connectivity index (χ4n) is 2.78. The van der Waals surface area contributed by atoms with E-state index in [4.69, 9.17) is 12.2 Å². The molecule has 1 amide bonds. The van der Waals surface area contributed by atoms with Crippen LogP contribution in [-0.2, 0) is 4.79 Å². The van der Waals surface area contributed by atoms with Gasteiger partial charge in [-0.3, -0.25) is 10.1 Å². The highest BCUT2D eigenvalue weighted by Gasteiger charge is 2.07. The summed E-state index contributed by atoms with van der Waals surface area (Å²) in [6, 6.07) is 25.5. The number of thiazole rings is 1. The SMILES string of the molecule is O=C(C=Cc1ccccc1)NC(=S)Nc1cccc(-c2nc3ccccc3s2)c1. The van der Waals surface area contributed by atoms with E-state index in [-0.39, 0.29) is 11.0 Å². The summed E-state index contributed by atoms with van der Waals surface area (Å²) in [7, 11) is 0. The molecule has 1 aromatic heterocycles. The van der Waals surface area contributed by atoms with Crippen LogP contribution in [0, 0.1) is 0 Å². The standard InChI is InChI=1S/C23H17N3OS2/c27-21(14-13-16-7-2-1-3-8-16)26-23(28)24-18-10-6-9-17(15-18)22-25-19-11-4-5-12-20(19)29-22/h1-15H,(H2,24,26,27,28). The smallest absolute Gasteiger partial charge is 0.250 e. The van der Waals surface area contributed by atoms with Gasteiger partial charge in [-0.15, -0.1) is 11.3 Å². The van der Waals surface area contributed by atoms with Gasteiger partial charge in [0.05, 0.1) is 10.2 Å². The van der Waals surface area contributed by atoms with Gasteiger partial charge in [0.2, 0.25) is 5.91 Å². The van der Waals surface area contributed by atoms with Crippen LogP contribution in [0.4, 0.5) is 5.69 Å². The molecule has 0 unspecified atom stereocenters. The summed E-state index contributed by atoms with van der Waals surface area (Å²) in [5, 5.41) is 6.90. The van der Waals surface area contributed by atoms with Crippen LogP contribution in [0.3, 0.4) is 0 Å². The molecule has 0 saturated carbocycles. The van der Waals surface area contributed by atoms with Crippen molar-refractivity contribution < 1.29 is 4.79 Å². The molecule has 0 saturated heterocycles. The van der Waals surface area contributed by atoms with Crippen molar-refractivity contribution in [3.63, 3.8) is 0 Å². The van der Waals surface area contributed by atoms with Crippen LogP contribution >= 0.6 is 23.6 Å². The predicted molar refractivity (Wildman–Crippen MR) is 125 cm³/mol. The molecule has 0 aliphatic rings. The second-order valence-electron chi connectivity index (χ2n) is 6.25. The van der Waals surface area contributed by atoms with E-state index in [0.29, 0.717) is 0 Å². The Hall–Kier alpha value is -3.35. The highest BCUT2D eigenvalue weighted by atomic mass is 32.1. The summed E-state index contributed by atoms with van der Waals surface area (Å²) in [6.45, 7) is 0. The highest BCUT2D eigenvalue weighted by Crippen LogP contribution is 2.31. The Balaban J connectivity index is 1.41. The first-order valence-electron chi connectivity index (χ1n) is 8.98. The van der Waals surface area contributed by atoms with E-state index in [1.807, 2.05) is 72.8 Å². The normalized spacial score (nSPS) is 10.9. The number of aromatic nitrogens is 1. The molecule has 4 rings (SSSR count). The van der Waals surface area contributed by atoms with Gasteiger partial charge in [0.25, 0.3) is 0 Å². The average molecular weight is 416 g/mol. The van der Waals surface area contributed by atoms with Crippen LogP contribution in [0.2, 0.25) is 0 Å². The summed E-state index contributed by atoms with van der Waals surface area (Å²) in [4.78, 5) is 16.8. The zero-order valence-corrected chi connectivity index (χ0v) is 17.0. The van der Waals surface area contributed by atoms with Gasteiger partial charge in [0.15, 0.2) is 5.11 Å². The number of hydrogen-bond acceptors (Lipinski definition) is 4. The molecule has 0 fully saturated rings. The van der Waals surface area contributed by atoms with Gasteiger partial charge in [-0.2, -0.15) is 0 Å². The molecule has 0 bridgehead atoms. The number of benzene rings is 3. The molecular weight excluding hydrogens is 398 g/mol. The van der Waals surface area contributed by atoms with Gasteiger partial charge in [0.1, 0.15) is 5.01 Å². The number of rotatable bonds is 4. The first-order chi connectivity index (χ1) is 14.2. The maximum Gasteiger partial charge on any atom is 0.250 e. The fourth-order valence-corrected chi connectivity index (χ4v) is 3.96. The number of nitrogens with zero attached hydrogens (tertiary/aromatic N) is 1. The minimum atomic E-state index is -0.284. The fraction of sp³-hybridized carbons (Fsp3) is 0. The van der Waals surface area contributed by atoms with Crippen molar-refractivity contribution in [1.29, 1.82) is 0 Å². The second kappa shape index (κ2) is 8.77. The third-order valence-corrected chi connectivity index (χ3v) is 5.41. The molecule has 4 aromatic rings. The Morgan fingerprint density at radius 1 is 0.966 bits per heavy atom. The number of nitrogens with one attached hydrogen (secondary N) is 2. The molecule has 3 aromatic carbocycles. The molecular formula is C23H17N3OS2. The van der Waals surface area contributed by atoms with Crippen molar-refractivity contribution in [3.05, 3.63) is 90.5 Å². The lowest BCUT2D eigenvalue weighted by Crippen LogP contribution is -2.32.